The lowest BCUT2D eigenvalue weighted by molar-refractivity contribution is -0.121. The molecule has 1 fully saturated rings. The SMILES string of the molecule is Cc1cc(CN2CCN(C(C)C(=O)Nc3cccc(Cl)c3)CC2)no1. The lowest BCUT2D eigenvalue weighted by Gasteiger charge is -2.37. The molecule has 1 N–H and O–H groups in total. The maximum absolute atomic E-state index is 12.5. The van der Waals surface area contributed by atoms with Gasteiger partial charge in [0.05, 0.1) is 11.7 Å². The minimum absolute atomic E-state index is 0.0113. The predicted octanol–water partition coefficient (Wildman–Crippen LogP) is 2.78. The number of nitrogens with zero attached hydrogens (tertiary/aromatic N) is 3. The van der Waals surface area contributed by atoms with Crippen molar-refractivity contribution in [3.05, 3.63) is 46.8 Å². The maximum Gasteiger partial charge on any atom is 0.241 e. The highest BCUT2D eigenvalue weighted by atomic mass is 35.5. The summed E-state index contributed by atoms with van der Waals surface area (Å²) in [5, 5.41) is 7.59. The highest BCUT2D eigenvalue weighted by Gasteiger charge is 2.26. The fraction of sp³-hybridized carbons (Fsp3) is 0.444. The Morgan fingerprint density at radius 3 is 2.72 bits per heavy atom. The van der Waals surface area contributed by atoms with E-state index in [1.165, 1.54) is 0 Å². The van der Waals surface area contributed by atoms with Crippen molar-refractivity contribution in [1.29, 1.82) is 0 Å². The van der Waals surface area contributed by atoms with Crippen LogP contribution in [0.2, 0.25) is 5.02 Å². The molecular formula is C18H23ClN4O2. The summed E-state index contributed by atoms with van der Waals surface area (Å²) in [5.74, 6) is 0.822. The molecule has 0 radical (unpaired) electrons. The number of hydrogen-bond acceptors (Lipinski definition) is 5. The molecule has 1 atom stereocenters. The van der Waals surface area contributed by atoms with E-state index in [0.29, 0.717) is 5.02 Å². The van der Waals surface area contributed by atoms with Crippen LogP contribution in [0.1, 0.15) is 18.4 Å². The van der Waals surface area contributed by atoms with E-state index in [4.69, 9.17) is 16.1 Å². The second kappa shape index (κ2) is 7.99. The molecule has 0 bridgehead atoms. The Hall–Kier alpha value is -1.89. The van der Waals surface area contributed by atoms with E-state index in [0.717, 1.165) is 49.9 Å². The number of carbonyl (C=O) groups excluding carboxylic acids is 1. The fourth-order valence-corrected chi connectivity index (χ4v) is 3.20. The zero-order chi connectivity index (χ0) is 17.8. The Morgan fingerprint density at radius 1 is 1.32 bits per heavy atom. The molecule has 2 aromatic rings. The number of halogens is 1. The summed E-state index contributed by atoms with van der Waals surface area (Å²) in [5.41, 5.74) is 1.68. The molecule has 1 aliphatic heterocycles. The monoisotopic (exact) mass is 362 g/mol. The van der Waals surface area contributed by atoms with Crippen molar-refractivity contribution >= 4 is 23.2 Å². The van der Waals surface area contributed by atoms with Crippen molar-refractivity contribution in [1.82, 2.24) is 15.0 Å². The number of hydrogen-bond donors (Lipinski definition) is 1. The first-order valence-corrected chi connectivity index (χ1v) is 8.84. The molecule has 0 spiro atoms. The number of carbonyl (C=O) groups is 1. The van der Waals surface area contributed by atoms with Gasteiger partial charge in [0.2, 0.25) is 5.91 Å². The average molecular weight is 363 g/mol. The Labute approximate surface area is 152 Å². The molecule has 2 heterocycles. The number of nitrogens with one attached hydrogen (secondary N) is 1. The van der Waals surface area contributed by atoms with Gasteiger partial charge in [-0.3, -0.25) is 14.6 Å². The minimum Gasteiger partial charge on any atom is -0.361 e. The third-order valence-electron chi connectivity index (χ3n) is 4.49. The van der Waals surface area contributed by atoms with Gasteiger partial charge in [-0.15, -0.1) is 0 Å². The maximum atomic E-state index is 12.5. The molecule has 0 aliphatic carbocycles. The lowest BCUT2D eigenvalue weighted by Crippen LogP contribution is -2.52. The van der Waals surface area contributed by atoms with Crippen LogP contribution in [0.3, 0.4) is 0 Å². The number of aromatic nitrogens is 1. The van der Waals surface area contributed by atoms with Gasteiger partial charge in [-0.05, 0) is 32.0 Å². The summed E-state index contributed by atoms with van der Waals surface area (Å²) >= 11 is 5.96. The predicted molar refractivity (Wildman–Crippen MR) is 97.6 cm³/mol. The van der Waals surface area contributed by atoms with Crippen LogP contribution in [-0.4, -0.2) is 53.1 Å². The van der Waals surface area contributed by atoms with E-state index in [1.807, 2.05) is 32.0 Å². The molecule has 1 amide bonds. The first kappa shape index (κ1) is 17.9. The van der Waals surface area contributed by atoms with Crippen LogP contribution in [0.4, 0.5) is 5.69 Å². The van der Waals surface area contributed by atoms with Crippen LogP contribution in [0.15, 0.2) is 34.9 Å². The van der Waals surface area contributed by atoms with Gasteiger partial charge < -0.3 is 9.84 Å². The number of amides is 1. The van der Waals surface area contributed by atoms with Gasteiger partial charge in [0.1, 0.15) is 5.76 Å². The van der Waals surface area contributed by atoms with Gasteiger partial charge in [-0.2, -0.15) is 0 Å². The second-order valence-corrected chi connectivity index (χ2v) is 6.85. The molecule has 1 unspecified atom stereocenters. The molecule has 134 valence electrons. The number of rotatable bonds is 5. The summed E-state index contributed by atoms with van der Waals surface area (Å²) in [4.78, 5) is 17.0. The highest BCUT2D eigenvalue weighted by Crippen LogP contribution is 2.16. The minimum atomic E-state index is -0.185. The lowest BCUT2D eigenvalue weighted by atomic mass is 10.2. The Morgan fingerprint density at radius 2 is 2.08 bits per heavy atom. The van der Waals surface area contributed by atoms with Crippen LogP contribution >= 0.6 is 11.6 Å². The van der Waals surface area contributed by atoms with Crippen molar-refractivity contribution in [2.45, 2.75) is 26.4 Å². The van der Waals surface area contributed by atoms with E-state index in [1.54, 1.807) is 12.1 Å². The van der Waals surface area contributed by atoms with E-state index in [9.17, 15) is 4.79 Å². The summed E-state index contributed by atoms with van der Waals surface area (Å²) in [7, 11) is 0. The number of piperazine rings is 1. The van der Waals surface area contributed by atoms with E-state index in [-0.39, 0.29) is 11.9 Å². The molecule has 1 aromatic carbocycles. The van der Waals surface area contributed by atoms with Crippen LogP contribution in [0.25, 0.3) is 0 Å². The second-order valence-electron chi connectivity index (χ2n) is 6.42. The number of benzene rings is 1. The fourth-order valence-electron chi connectivity index (χ4n) is 3.01. The Balaban J connectivity index is 1.49. The Bertz CT molecular complexity index is 725. The quantitative estimate of drug-likeness (QED) is 0.886. The summed E-state index contributed by atoms with van der Waals surface area (Å²) in [6, 6.07) is 8.99. The standard InChI is InChI=1S/C18H23ClN4O2/c1-13-10-17(21-25-13)12-22-6-8-23(9-7-22)14(2)18(24)20-16-5-3-4-15(19)11-16/h3-5,10-11,14H,6-9,12H2,1-2H3,(H,20,24). The van der Waals surface area contributed by atoms with Crippen LogP contribution in [0.5, 0.6) is 0 Å². The molecule has 1 aromatic heterocycles. The molecule has 1 saturated heterocycles. The zero-order valence-electron chi connectivity index (χ0n) is 14.5. The summed E-state index contributed by atoms with van der Waals surface area (Å²) < 4.78 is 5.11. The smallest absolute Gasteiger partial charge is 0.241 e. The van der Waals surface area contributed by atoms with Crippen molar-refractivity contribution < 1.29 is 9.32 Å². The summed E-state index contributed by atoms with van der Waals surface area (Å²) in [6.45, 7) is 8.13. The molecule has 25 heavy (non-hydrogen) atoms. The van der Waals surface area contributed by atoms with Gasteiger partial charge in [0.25, 0.3) is 0 Å². The van der Waals surface area contributed by atoms with E-state index in [2.05, 4.69) is 20.3 Å². The number of aryl methyl sites for hydroxylation is 1. The largest absolute Gasteiger partial charge is 0.361 e. The van der Waals surface area contributed by atoms with E-state index >= 15 is 0 Å². The van der Waals surface area contributed by atoms with Crippen LogP contribution in [0, 0.1) is 6.92 Å². The van der Waals surface area contributed by atoms with E-state index < -0.39 is 0 Å². The molecule has 3 rings (SSSR count). The summed E-state index contributed by atoms with van der Waals surface area (Å²) in [6.07, 6.45) is 0. The number of anilines is 1. The van der Waals surface area contributed by atoms with Crippen LogP contribution in [-0.2, 0) is 11.3 Å². The third kappa shape index (κ3) is 4.81. The van der Waals surface area contributed by atoms with Gasteiger partial charge in [-0.25, -0.2) is 0 Å². The molecular weight excluding hydrogens is 340 g/mol. The average Bonchev–Trinajstić information content (AvgIpc) is 3.00. The van der Waals surface area contributed by atoms with Gasteiger partial charge in [0, 0.05) is 49.5 Å². The van der Waals surface area contributed by atoms with Crippen molar-refractivity contribution in [3.8, 4) is 0 Å². The van der Waals surface area contributed by atoms with Crippen molar-refractivity contribution in [3.63, 3.8) is 0 Å². The van der Waals surface area contributed by atoms with Gasteiger partial charge >= 0.3 is 0 Å². The van der Waals surface area contributed by atoms with Gasteiger partial charge in [0.15, 0.2) is 0 Å². The molecule has 6 nitrogen and oxygen atoms in total. The van der Waals surface area contributed by atoms with Crippen molar-refractivity contribution in [2.24, 2.45) is 0 Å². The molecule has 0 saturated carbocycles. The zero-order valence-corrected chi connectivity index (χ0v) is 15.3. The Kier molecular flexibility index (Phi) is 5.73. The molecule has 1 aliphatic rings. The normalized spacial score (nSPS) is 17.4. The highest BCUT2D eigenvalue weighted by molar-refractivity contribution is 6.30. The third-order valence-corrected chi connectivity index (χ3v) is 4.72. The van der Waals surface area contributed by atoms with Gasteiger partial charge in [-0.1, -0.05) is 22.8 Å². The first-order chi connectivity index (χ1) is 12.0. The van der Waals surface area contributed by atoms with Crippen LogP contribution < -0.4 is 5.32 Å². The first-order valence-electron chi connectivity index (χ1n) is 8.46. The molecule has 7 heteroatoms. The topological polar surface area (TPSA) is 61.6 Å². The van der Waals surface area contributed by atoms with Crippen molar-refractivity contribution in [2.75, 3.05) is 31.5 Å².